The molecule has 0 aliphatic carbocycles. The summed E-state index contributed by atoms with van der Waals surface area (Å²) >= 11 is 0. The average molecular weight is 235 g/mol. The Morgan fingerprint density at radius 3 is 2.41 bits per heavy atom. The molecule has 4 heterocycles. The van der Waals surface area contributed by atoms with Crippen LogP contribution in [0.1, 0.15) is 25.7 Å². The maximum Gasteiger partial charge on any atom is 0.0123 e. The molecular weight excluding hydrogens is 210 g/mol. The van der Waals surface area contributed by atoms with Crippen molar-refractivity contribution in [2.75, 3.05) is 39.3 Å². The summed E-state index contributed by atoms with van der Waals surface area (Å²) in [4.78, 5) is 5.58. The van der Waals surface area contributed by atoms with Crippen LogP contribution in [0.5, 0.6) is 0 Å². The summed E-state index contributed by atoms with van der Waals surface area (Å²) in [6.45, 7) is 8.09. The predicted molar refractivity (Wildman–Crippen MR) is 69.0 cm³/mol. The van der Waals surface area contributed by atoms with E-state index in [0.717, 1.165) is 23.9 Å². The number of hydrogen-bond donors (Lipinski definition) is 1. The quantitative estimate of drug-likeness (QED) is 0.724. The van der Waals surface area contributed by atoms with Gasteiger partial charge in [-0.3, -0.25) is 4.90 Å². The van der Waals surface area contributed by atoms with Crippen molar-refractivity contribution in [2.45, 2.75) is 37.8 Å². The van der Waals surface area contributed by atoms with Gasteiger partial charge in [-0.05, 0) is 63.7 Å². The van der Waals surface area contributed by atoms with Crippen molar-refractivity contribution in [3.8, 4) is 0 Å². The number of nitrogens with zero attached hydrogens (tertiary/aromatic N) is 2. The zero-order chi connectivity index (χ0) is 11.2. The first-order chi connectivity index (χ1) is 8.40. The Morgan fingerprint density at radius 2 is 1.59 bits per heavy atom. The molecule has 3 heteroatoms. The molecule has 17 heavy (non-hydrogen) atoms. The Hall–Kier alpha value is -0.120. The molecule has 0 aromatic rings. The Morgan fingerprint density at radius 1 is 0.824 bits per heavy atom. The summed E-state index contributed by atoms with van der Waals surface area (Å²) in [7, 11) is 0. The molecule has 4 fully saturated rings. The number of nitrogens with one attached hydrogen (secondary N) is 1. The van der Waals surface area contributed by atoms with Gasteiger partial charge < -0.3 is 10.2 Å². The fraction of sp³-hybridized carbons (Fsp3) is 1.00. The topological polar surface area (TPSA) is 18.5 Å². The van der Waals surface area contributed by atoms with Gasteiger partial charge in [0.25, 0.3) is 0 Å². The van der Waals surface area contributed by atoms with Gasteiger partial charge >= 0.3 is 0 Å². The predicted octanol–water partition coefficient (Wildman–Crippen LogP) is 0.764. The van der Waals surface area contributed by atoms with Crippen LogP contribution < -0.4 is 5.32 Å². The van der Waals surface area contributed by atoms with Crippen LogP contribution in [0, 0.1) is 11.8 Å². The second kappa shape index (κ2) is 4.22. The zero-order valence-electron chi connectivity index (χ0n) is 10.8. The van der Waals surface area contributed by atoms with E-state index in [2.05, 4.69) is 15.1 Å². The monoisotopic (exact) mass is 235 g/mol. The van der Waals surface area contributed by atoms with E-state index in [9.17, 15) is 0 Å². The number of fused-ring (bicyclic) bond motifs is 2. The van der Waals surface area contributed by atoms with Crippen LogP contribution in [0.4, 0.5) is 0 Å². The van der Waals surface area contributed by atoms with Gasteiger partial charge in [0.1, 0.15) is 0 Å². The molecule has 0 spiro atoms. The van der Waals surface area contributed by atoms with Crippen LogP contribution in [-0.4, -0.2) is 61.2 Å². The standard InChI is InChI=1S/C14H25N3/c1-2-13-6-14(3-5-16(13)4-1)17-9-11-7-15-8-12(11)10-17/h11-15H,1-10H2/t11-,12+,13?,14?. The highest BCUT2D eigenvalue weighted by Crippen LogP contribution is 2.34. The van der Waals surface area contributed by atoms with Crippen LogP contribution in [0.25, 0.3) is 0 Å². The normalized spacial score (nSPS) is 47.3. The fourth-order valence-electron chi connectivity index (χ4n) is 4.72. The van der Waals surface area contributed by atoms with Gasteiger partial charge in [0.15, 0.2) is 0 Å². The van der Waals surface area contributed by atoms with E-state index in [-0.39, 0.29) is 0 Å². The SMILES string of the molecule is C1CC2CC(N3C[C@H]4CNC[C@H]4C3)CCN2C1. The van der Waals surface area contributed by atoms with Crippen LogP contribution in [0.15, 0.2) is 0 Å². The minimum absolute atomic E-state index is 0.917. The zero-order valence-corrected chi connectivity index (χ0v) is 10.8. The first-order valence-corrected chi connectivity index (χ1v) is 7.59. The lowest BCUT2D eigenvalue weighted by atomic mass is 9.96. The molecule has 0 saturated carbocycles. The van der Waals surface area contributed by atoms with Gasteiger partial charge in [0.05, 0.1) is 0 Å². The van der Waals surface area contributed by atoms with E-state index < -0.39 is 0 Å². The van der Waals surface area contributed by atoms with E-state index >= 15 is 0 Å². The minimum atomic E-state index is 0.917. The molecule has 1 N–H and O–H groups in total. The Balaban J connectivity index is 1.39. The fourth-order valence-corrected chi connectivity index (χ4v) is 4.72. The van der Waals surface area contributed by atoms with E-state index in [1.165, 1.54) is 65.0 Å². The molecule has 4 aliphatic heterocycles. The highest BCUT2D eigenvalue weighted by molar-refractivity contribution is 4.97. The molecule has 3 nitrogen and oxygen atoms in total. The van der Waals surface area contributed by atoms with E-state index in [4.69, 9.17) is 0 Å². The number of likely N-dealkylation sites (tertiary alicyclic amines) is 1. The molecule has 2 unspecified atom stereocenters. The van der Waals surface area contributed by atoms with Crippen LogP contribution in [0.2, 0.25) is 0 Å². The van der Waals surface area contributed by atoms with Gasteiger partial charge in [-0.2, -0.15) is 0 Å². The molecule has 0 bridgehead atoms. The molecule has 0 radical (unpaired) electrons. The van der Waals surface area contributed by atoms with Gasteiger partial charge in [-0.1, -0.05) is 0 Å². The maximum absolute atomic E-state index is 3.55. The highest BCUT2D eigenvalue weighted by Gasteiger charge is 2.41. The van der Waals surface area contributed by atoms with Gasteiger partial charge in [0.2, 0.25) is 0 Å². The second-order valence-electron chi connectivity index (χ2n) is 6.64. The van der Waals surface area contributed by atoms with Crippen molar-refractivity contribution in [1.29, 1.82) is 0 Å². The summed E-state index contributed by atoms with van der Waals surface area (Å²) in [6.07, 6.45) is 5.82. The summed E-state index contributed by atoms with van der Waals surface area (Å²) in [5, 5.41) is 3.55. The molecule has 0 aromatic heterocycles. The highest BCUT2D eigenvalue weighted by atomic mass is 15.3. The van der Waals surface area contributed by atoms with Gasteiger partial charge in [-0.25, -0.2) is 0 Å². The molecule has 0 amide bonds. The first kappa shape index (κ1) is 10.8. The van der Waals surface area contributed by atoms with E-state index in [1.54, 1.807) is 0 Å². The van der Waals surface area contributed by atoms with Crippen molar-refractivity contribution in [3.05, 3.63) is 0 Å². The van der Waals surface area contributed by atoms with Crippen molar-refractivity contribution in [3.63, 3.8) is 0 Å². The van der Waals surface area contributed by atoms with E-state index in [0.29, 0.717) is 0 Å². The first-order valence-electron chi connectivity index (χ1n) is 7.59. The minimum Gasteiger partial charge on any atom is -0.316 e. The summed E-state index contributed by atoms with van der Waals surface area (Å²) in [5.41, 5.74) is 0. The number of piperidine rings is 1. The second-order valence-corrected chi connectivity index (χ2v) is 6.64. The molecule has 4 aliphatic rings. The van der Waals surface area contributed by atoms with Crippen molar-refractivity contribution in [1.82, 2.24) is 15.1 Å². The molecular formula is C14H25N3. The third-order valence-corrected chi connectivity index (χ3v) is 5.73. The molecule has 96 valence electrons. The maximum atomic E-state index is 3.55. The Bertz CT molecular complexity index is 281. The van der Waals surface area contributed by atoms with Crippen molar-refractivity contribution < 1.29 is 0 Å². The molecule has 4 rings (SSSR count). The summed E-state index contributed by atoms with van der Waals surface area (Å²) < 4.78 is 0. The number of rotatable bonds is 1. The van der Waals surface area contributed by atoms with Crippen LogP contribution in [-0.2, 0) is 0 Å². The molecule has 4 saturated heterocycles. The summed E-state index contributed by atoms with van der Waals surface area (Å²) in [6, 6.07) is 1.85. The average Bonchev–Trinajstić information content (AvgIpc) is 3.02. The third-order valence-electron chi connectivity index (χ3n) is 5.73. The lowest BCUT2D eigenvalue weighted by Gasteiger charge is -2.39. The third kappa shape index (κ3) is 1.83. The number of hydrogen-bond acceptors (Lipinski definition) is 3. The van der Waals surface area contributed by atoms with Crippen molar-refractivity contribution in [2.24, 2.45) is 11.8 Å². The Labute approximate surface area is 105 Å². The van der Waals surface area contributed by atoms with Crippen LogP contribution >= 0.6 is 0 Å². The lowest BCUT2D eigenvalue weighted by Crippen LogP contribution is -2.47. The summed E-state index contributed by atoms with van der Waals surface area (Å²) in [5.74, 6) is 1.94. The van der Waals surface area contributed by atoms with Gasteiger partial charge in [-0.15, -0.1) is 0 Å². The largest absolute Gasteiger partial charge is 0.316 e. The lowest BCUT2D eigenvalue weighted by molar-refractivity contribution is 0.0984. The smallest absolute Gasteiger partial charge is 0.0123 e. The van der Waals surface area contributed by atoms with Gasteiger partial charge in [0, 0.05) is 25.2 Å². The van der Waals surface area contributed by atoms with Crippen LogP contribution in [0.3, 0.4) is 0 Å². The molecule has 0 aromatic carbocycles. The molecule has 4 atom stereocenters. The Kier molecular flexibility index (Phi) is 2.67. The van der Waals surface area contributed by atoms with Crippen molar-refractivity contribution >= 4 is 0 Å². The van der Waals surface area contributed by atoms with E-state index in [1.807, 2.05) is 0 Å².